The Bertz CT molecular complexity index is 1230. The minimum Gasteiger partial charge on any atom is -0.296 e. The van der Waals surface area contributed by atoms with Gasteiger partial charge < -0.3 is 0 Å². The van der Waals surface area contributed by atoms with E-state index in [1.165, 1.54) is 49.3 Å². The Kier molecular flexibility index (Phi) is 3.25. The summed E-state index contributed by atoms with van der Waals surface area (Å²) in [6, 6.07) is 25.3. The molecular formula is C23H16IrNSi-. The maximum atomic E-state index is 5.14. The van der Waals surface area contributed by atoms with Crippen LogP contribution < -0.4 is 10.4 Å². The number of nitrogens with zero attached hydrogens (tertiary/aromatic N) is 1. The van der Waals surface area contributed by atoms with Gasteiger partial charge in [0, 0.05) is 25.5 Å². The van der Waals surface area contributed by atoms with Crippen molar-refractivity contribution in [3.8, 4) is 33.5 Å². The molecule has 0 unspecified atom stereocenters. The Labute approximate surface area is 167 Å². The molecule has 0 saturated heterocycles. The average Bonchev–Trinajstić information content (AvgIpc) is 3.08. The summed E-state index contributed by atoms with van der Waals surface area (Å²) in [4.78, 5) is 5.14. The predicted octanol–water partition coefficient (Wildman–Crippen LogP) is 4.48. The third kappa shape index (κ3) is 1.76. The minimum absolute atomic E-state index is 0. The van der Waals surface area contributed by atoms with Crippen molar-refractivity contribution >= 4 is 29.4 Å². The Balaban J connectivity index is 0.00000150. The molecule has 0 N–H and O–H groups in total. The van der Waals surface area contributed by atoms with Crippen molar-refractivity contribution in [2.75, 3.05) is 0 Å². The second-order valence-electron chi connectivity index (χ2n) is 7.54. The van der Waals surface area contributed by atoms with Crippen LogP contribution in [0.25, 0.3) is 44.4 Å². The van der Waals surface area contributed by atoms with Crippen LogP contribution in [-0.2, 0) is 20.1 Å². The molecule has 3 heteroatoms. The predicted molar refractivity (Wildman–Crippen MR) is 107 cm³/mol. The van der Waals surface area contributed by atoms with Gasteiger partial charge in [-0.25, -0.2) is 0 Å². The number of fused-ring (bicyclic) bond motifs is 7. The molecule has 0 atom stereocenters. The molecule has 2 heterocycles. The SMILES string of the molecule is C[Si]1(C)c2ccc[c-]c2-c2nc3cccc4c3c(c21)-c1ccccc1-4.[Ir]. The van der Waals surface area contributed by atoms with Crippen LogP contribution in [0.2, 0.25) is 13.1 Å². The average molecular weight is 527 g/mol. The molecule has 26 heavy (non-hydrogen) atoms. The van der Waals surface area contributed by atoms with E-state index in [1.807, 2.05) is 6.07 Å². The summed E-state index contributed by atoms with van der Waals surface area (Å²) in [6.45, 7) is 4.91. The van der Waals surface area contributed by atoms with Gasteiger partial charge in [0.2, 0.25) is 0 Å². The van der Waals surface area contributed by atoms with Crippen LogP contribution in [0.4, 0.5) is 0 Å². The van der Waals surface area contributed by atoms with Crippen LogP contribution in [0.15, 0.2) is 60.7 Å². The van der Waals surface area contributed by atoms with Crippen LogP contribution in [0.3, 0.4) is 0 Å². The van der Waals surface area contributed by atoms with E-state index in [2.05, 4.69) is 73.8 Å². The number of benzene rings is 3. The van der Waals surface area contributed by atoms with Gasteiger partial charge in [0.25, 0.3) is 0 Å². The van der Waals surface area contributed by atoms with E-state index < -0.39 is 8.07 Å². The maximum absolute atomic E-state index is 5.14. The quantitative estimate of drug-likeness (QED) is 0.214. The van der Waals surface area contributed by atoms with Crippen LogP contribution in [0.5, 0.6) is 0 Å². The molecule has 127 valence electrons. The Morgan fingerprint density at radius 1 is 0.846 bits per heavy atom. The Morgan fingerprint density at radius 3 is 2.46 bits per heavy atom. The molecule has 0 spiro atoms. The van der Waals surface area contributed by atoms with Gasteiger partial charge in [0.05, 0.1) is 13.6 Å². The zero-order valence-corrected chi connectivity index (χ0v) is 17.9. The van der Waals surface area contributed by atoms with Crippen molar-refractivity contribution in [2.24, 2.45) is 0 Å². The first-order chi connectivity index (χ1) is 12.2. The topological polar surface area (TPSA) is 12.9 Å². The summed E-state index contributed by atoms with van der Waals surface area (Å²) in [5.74, 6) is 0. The van der Waals surface area contributed by atoms with Crippen molar-refractivity contribution in [1.29, 1.82) is 0 Å². The van der Waals surface area contributed by atoms with Gasteiger partial charge in [-0.15, -0.1) is 35.0 Å². The van der Waals surface area contributed by atoms with Crippen molar-refractivity contribution in [3.05, 3.63) is 66.7 Å². The minimum atomic E-state index is -1.79. The summed E-state index contributed by atoms with van der Waals surface area (Å²) in [5, 5.41) is 4.31. The monoisotopic (exact) mass is 527 g/mol. The summed E-state index contributed by atoms with van der Waals surface area (Å²) in [7, 11) is -1.79. The molecule has 2 aliphatic rings. The number of pyridine rings is 1. The third-order valence-corrected chi connectivity index (χ3v) is 9.39. The fourth-order valence-electron chi connectivity index (χ4n) is 4.82. The molecule has 1 radical (unpaired) electrons. The number of hydrogen-bond donors (Lipinski definition) is 0. The zero-order valence-electron chi connectivity index (χ0n) is 14.6. The smallest absolute Gasteiger partial charge is 0.0607 e. The molecule has 0 amide bonds. The van der Waals surface area contributed by atoms with Gasteiger partial charge in [-0.2, -0.15) is 0 Å². The van der Waals surface area contributed by atoms with Crippen LogP contribution in [-0.4, -0.2) is 13.1 Å². The summed E-state index contributed by atoms with van der Waals surface area (Å²) in [5.41, 5.74) is 9.00. The summed E-state index contributed by atoms with van der Waals surface area (Å²) in [6.07, 6.45) is 0. The first-order valence-electron chi connectivity index (χ1n) is 8.76. The molecule has 0 saturated carbocycles. The van der Waals surface area contributed by atoms with Gasteiger partial charge in [-0.3, -0.25) is 4.98 Å². The fourth-order valence-corrected chi connectivity index (χ4v) is 8.08. The number of aromatic nitrogens is 1. The molecular weight excluding hydrogens is 511 g/mol. The first-order valence-corrected chi connectivity index (χ1v) is 11.8. The van der Waals surface area contributed by atoms with Crippen molar-refractivity contribution in [3.63, 3.8) is 0 Å². The molecule has 3 aromatic carbocycles. The second kappa shape index (κ2) is 5.23. The maximum Gasteiger partial charge on any atom is 0.0607 e. The Hall–Kier alpha value is -2.06. The molecule has 0 bridgehead atoms. The van der Waals surface area contributed by atoms with Crippen molar-refractivity contribution in [2.45, 2.75) is 13.1 Å². The van der Waals surface area contributed by atoms with Gasteiger partial charge in [0.15, 0.2) is 0 Å². The zero-order chi connectivity index (χ0) is 16.8. The molecule has 1 aromatic heterocycles. The molecule has 1 aliphatic carbocycles. The second-order valence-corrected chi connectivity index (χ2v) is 11.8. The fraction of sp³-hybridized carbons (Fsp3) is 0.0870. The number of rotatable bonds is 0. The third-order valence-electron chi connectivity index (χ3n) is 5.89. The Morgan fingerprint density at radius 2 is 1.62 bits per heavy atom. The van der Waals surface area contributed by atoms with E-state index in [0.29, 0.717) is 0 Å². The molecule has 4 aromatic rings. The van der Waals surface area contributed by atoms with Crippen LogP contribution in [0.1, 0.15) is 0 Å². The molecule has 0 fully saturated rings. The largest absolute Gasteiger partial charge is 0.296 e. The molecule has 6 rings (SSSR count). The normalized spacial score (nSPS) is 14.5. The van der Waals surface area contributed by atoms with E-state index in [9.17, 15) is 0 Å². The van der Waals surface area contributed by atoms with E-state index >= 15 is 0 Å². The van der Waals surface area contributed by atoms with E-state index in [-0.39, 0.29) is 20.1 Å². The summed E-state index contributed by atoms with van der Waals surface area (Å²) >= 11 is 0. The van der Waals surface area contributed by atoms with Crippen molar-refractivity contribution < 1.29 is 20.1 Å². The van der Waals surface area contributed by atoms with Crippen LogP contribution >= 0.6 is 0 Å². The first kappa shape index (κ1) is 16.1. The standard InChI is InChI=1S/C23H16NSi.Ir/c1-25(2)19-13-6-5-10-17(19)22-23(25)21-16-9-4-3-8-14(16)15-11-7-12-18(24-22)20(15)21;/h3-9,11-13H,1-2H3;/q-1;. The molecule has 1 nitrogen and oxygen atoms in total. The van der Waals surface area contributed by atoms with Crippen molar-refractivity contribution in [1.82, 2.24) is 4.98 Å². The molecule has 1 aliphatic heterocycles. The van der Waals surface area contributed by atoms with E-state index in [4.69, 9.17) is 4.98 Å². The van der Waals surface area contributed by atoms with Crippen LogP contribution in [0, 0.1) is 6.07 Å². The summed E-state index contributed by atoms with van der Waals surface area (Å²) < 4.78 is 0. The van der Waals surface area contributed by atoms with E-state index in [0.717, 1.165) is 5.52 Å². The van der Waals surface area contributed by atoms with Gasteiger partial charge in [-0.05, 0) is 34.0 Å². The van der Waals surface area contributed by atoms with E-state index in [1.54, 1.807) is 0 Å². The number of hydrogen-bond acceptors (Lipinski definition) is 1. The van der Waals surface area contributed by atoms with Gasteiger partial charge in [0.1, 0.15) is 0 Å². The van der Waals surface area contributed by atoms with Gasteiger partial charge in [-0.1, -0.05) is 54.7 Å². The van der Waals surface area contributed by atoms with Gasteiger partial charge >= 0.3 is 0 Å².